The average molecular weight is 493 g/mol. The molecule has 0 saturated carbocycles. The topological polar surface area (TPSA) is 75.8 Å². The van der Waals surface area contributed by atoms with Crippen molar-refractivity contribution in [3.8, 4) is 17.2 Å². The van der Waals surface area contributed by atoms with E-state index in [1.807, 2.05) is 29.2 Å². The van der Waals surface area contributed by atoms with Crippen LogP contribution in [0.15, 0.2) is 52.9 Å². The predicted octanol–water partition coefficient (Wildman–Crippen LogP) is 5.25. The molecule has 1 fully saturated rings. The lowest BCUT2D eigenvalue weighted by atomic mass is 10.1. The smallest absolute Gasteiger partial charge is 0.416 e. The first-order chi connectivity index (χ1) is 16.2. The lowest BCUT2D eigenvalue weighted by Crippen LogP contribution is -2.33. The van der Waals surface area contributed by atoms with Crippen molar-refractivity contribution in [2.45, 2.75) is 31.4 Å². The number of aromatic nitrogens is 1. The van der Waals surface area contributed by atoms with Crippen LogP contribution >= 0.6 is 11.8 Å². The predicted molar refractivity (Wildman–Crippen MR) is 122 cm³/mol. The standard InChI is InChI=1S/C24H23F3N2O4S/c1-15-20(28-21(33-15)17-5-7-18(8-6-17)24(25,26)27)9-11-32-19-4-2-3-16(13-19)14-29-10-12-34-22(29)23(30)31/h2-8,13,22H,9-12,14H2,1H3,(H,30,31). The number of benzene rings is 2. The summed E-state index contributed by atoms with van der Waals surface area (Å²) in [5.41, 5.74) is 1.38. The van der Waals surface area contributed by atoms with Gasteiger partial charge < -0.3 is 14.3 Å². The number of carboxylic acid groups (broad SMARTS) is 1. The van der Waals surface area contributed by atoms with Crippen LogP contribution in [0, 0.1) is 6.92 Å². The van der Waals surface area contributed by atoms with E-state index in [9.17, 15) is 23.1 Å². The van der Waals surface area contributed by atoms with E-state index in [0.29, 0.717) is 42.3 Å². The second-order valence-electron chi connectivity index (χ2n) is 7.87. The molecule has 6 nitrogen and oxygen atoms in total. The Morgan fingerprint density at radius 3 is 2.74 bits per heavy atom. The number of oxazole rings is 1. The van der Waals surface area contributed by atoms with Gasteiger partial charge in [-0.25, -0.2) is 9.78 Å². The van der Waals surface area contributed by atoms with Gasteiger partial charge in [0.05, 0.1) is 17.9 Å². The summed E-state index contributed by atoms with van der Waals surface area (Å²) >= 11 is 1.43. The maximum absolute atomic E-state index is 12.8. The zero-order valence-electron chi connectivity index (χ0n) is 18.3. The number of hydrogen-bond acceptors (Lipinski definition) is 6. The summed E-state index contributed by atoms with van der Waals surface area (Å²) < 4.78 is 49.8. The Labute approximate surface area is 198 Å². The van der Waals surface area contributed by atoms with Gasteiger partial charge in [0.1, 0.15) is 11.5 Å². The second-order valence-corrected chi connectivity index (χ2v) is 9.06. The van der Waals surface area contributed by atoms with Gasteiger partial charge in [-0.05, 0) is 48.9 Å². The van der Waals surface area contributed by atoms with E-state index in [2.05, 4.69) is 4.98 Å². The highest BCUT2D eigenvalue weighted by atomic mass is 32.2. The summed E-state index contributed by atoms with van der Waals surface area (Å²) in [7, 11) is 0. The van der Waals surface area contributed by atoms with Crippen molar-refractivity contribution in [3.63, 3.8) is 0 Å². The molecule has 1 unspecified atom stereocenters. The van der Waals surface area contributed by atoms with E-state index in [1.54, 1.807) is 6.92 Å². The van der Waals surface area contributed by atoms with Crippen molar-refractivity contribution in [1.29, 1.82) is 0 Å². The van der Waals surface area contributed by atoms with E-state index in [4.69, 9.17) is 9.15 Å². The monoisotopic (exact) mass is 492 g/mol. The summed E-state index contributed by atoms with van der Waals surface area (Å²) in [6.07, 6.45) is -3.93. The number of hydrogen-bond donors (Lipinski definition) is 1. The largest absolute Gasteiger partial charge is 0.493 e. The molecule has 0 aliphatic carbocycles. The van der Waals surface area contributed by atoms with Crippen molar-refractivity contribution in [2.75, 3.05) is 18.9 Å². The highest BCUT2D eigenvalue weighted by Crippen LogP contribution is 2.31. The number of carboxylic acids is 1. The van der Waals surface area contributed by atoms with Crippen LogP contribution in [0.5, 0.6) is 5.75 Å². The third-order valence-electron chi connectivity index (χ3n) is 5.44. The van der Waals surface area contributed by atoms with E-state index >= 15 is 0 Å². The van der Waals surface area contributed by atoms with Gasteiger partial charge in [0.25, 0.3) is 0 Å². The summed E-state index contributed by atoms with van der Waals surface area (Å²) in [5.74, 6) is 1.48. The Morgan fingerprint density at radius 2 is 2.03 bits per heavy atom. The van der Waals surface area contributed by atoms with Gasteiger partial charge in [0.2, 0.25) is 5.89 Å². The number of aryl methyl sites for hydroxylation is 1. The van der Waals surface area contributed by atoms with Crippen LogP contribution in [0.2, 0.25) is 0 Å². The molecule has 0 radical (unpaired) electrons. The first-order valence-corrected chi connectivity index (χ1v) is 11.7. The van der Waals surface area contributed by atoms with Crippen LogP contribution in [-0.4, -0.2) is 45.2 Å². The fourth-order valence-electron chi connectivity index (χ4n) is 3.71. The lowest BCUT2D eigenvalue weighted by Gasteiger charge is -2.20. The molecular formula is C24H23F3N2O4S. The molecular weight excluding hydrogens is 469 g/mol. The van der Waals surface area contributed by atoms with Gasteiger partial charge in [0, 0.05) is 30.8 Å². The summed E-state index contributed by atoms with van der Waals surface area (Å²) in [6.45, 7) is 3.34. The lowest BCUT2D eigenvalue weighted by molar-refractivity contribution is -0.139. The molecule has 34 heavy (non-hydrogen) atoms. The zero-order valence-corrected chi connectivity index (χ0v) is 19.2. The SMILES string of the molecule is Cc1oc(-c2ccc(C(F)(F)F)cc2)nc1CCOc1cccc(CN2CCSC2C(=O)O)c1. The Bertz CT molecular complexity index is 1150. The number of ether oxygens (including phenoxy) is 1. The van der Waals surface area contributed by atoms with E-state index < -0.39 is 23.1 Å². The molecule has 180 valence electrons. The molecule has 1 saturated heterocycles. The quantitative estimate of drug-likeness (QED) is 0.460. The summed E-state index contributed by atoms with van der Waals surface area (Å²) in [5, 5.41) is 8.81. The van der Waals surface area contributed by atoms with Gasteiger partial charge in [0.15, 0.2) is 5.37 Å². The molecule has 0 bridgehead atoms. The van der Waals surface area contributed by atoms with Crippen LogP contribution in [0.25, 0.3) is 11.5 Å². The Hall–Kier alpha value is -2.98. The third kappa shape index (κ3) is 5.74. The maximum Gasteiger partial charge on any atom is 0.416 e. The molecule has 4 rings (SSSR count). The van der Waals surface area contributed by atoms with Crippen molar-refractivity contribution in [1.82, 2.24) is 9.88 Å². The number of rotatable bonds is 8. The number of thioether (sulfide) groups is 1. The van der Waals surface area contributed by atoms with E-state index in [0.717, 1.165) is 30.0 Å². The van der Waals surface area contributed by atoms with Crippen molar-refractivity contribution in [2.24, 2.45) is 0 Å². The molecule has 1 atom stereocenters. The average Bonchev–Trinajstić information content (AvgIpc) is 3.40. The number of alkyl halides is 3. The van der Waals surface area contributed by atoms with Crippen molar-refractivity contribution < 1.29 is 32.2 Å². The molecule has 1 aliphatic heterocycles. The van der Waals surface area contributed by atoms with Crippen LogP contribution in [0.4, 0.5) is 13.2 Å². The molecule has 1 aromatic heterocycles. The fourth-order valence-corrected chi connectivity index (χ4v) is 4.81. The Balaban J connectivity index is 1.35. The summed E-state index contributed by atoms with van der Waals surface area (Å²) in [4.78, 5) is 17.7. The molecule has 1 N–H and O–H groups in total. The molecule has 0 spiro atoms. The molecule has 3 aromatic rings. The fraction of sp³-hybridized carbons (Fsp3) is 0.333. The summed E-state index contributed by atoms with van der Waals surface area (Å²) in [6, 6.07) is 12.2. The highest BCUT2D eigenvalue weighted by Gasteiger charge is 2.31. The molecule has 1 aliphatic rings. The number of carbonyl (C=O) groups is 1. The number of aliphatic carboxylic acids is 1. The van der Waals surface area contributed by atoms with Crippen molar-refractivity contribution >= 4 is 17.7 Å². The minimum atomic E-state index is -4.39. The highest BCUT2D eigenvalue weighted by molar-refractivity contribution is 8.00. The van der Waals surface area contributed by atoms with Crippen LogP contribution in [-0.2, 0) is 23.9 Å². The number of nitrogens with zero attached hydrogens (tertiary/aromatic N) is 2. The minimum absolute atomic E-state index is 0.264. The third-order valence-corrected chi connectivity index (χ3v) is 6.67. The molecule has 2 aromatic carbocycles. The molecule has 10 heteroatoms. The van der Waals surface area contributed by atoms with Crippen LogP contribution < -0.4 is 4.74 Å². The normalized spacial score (nSPS) is 16.6. The first kappa shape index (κ1) is 24.2. The van der Waals surface area contributed by atoms with Crippen LogP contribution in [0.1, 0.15) is 22.6 Å². The minimum Gasteiger partial charge on any atom is -0.493 e. The molecule has 2 heterocycles. The van der Waals surface area contributed by atoms with Crippen LogP contribution in [0.3, 0.4) is 0 Å². The van der Waals surface area contributed by atoms with Gasteiger partial charge in [-0.2, -0.15) is 13.2 Å². The Morgan fingerprint density at radius 1 is 1.26 bits per heavy atom. The van der Waals surface area contributed by atoms with Gasteiger partial charge in [-0.15, -0.1) is 11.8 Å². The maximum atomic E-state index is 12.8. The van der Waals surface area contributed by atoms with Gasteiger partial charge >= 0.3 is 12.1 Å². The van der Waals surface area contributed by atoms with Gasteiger partial charge in [-0.3, -0.25) is 4.90 Å². The van der Waals surface area contributed by atoms with Gasteiger partial charge in [-0.1, -0.05) is 12.1 Å². The number of halogens is 3. The zero-order chi connectivity index (χ0) is 24.3. The first-order valence-electron chi connectivity index (χ1n) is 10.6. The molecule has 0 amide bonds. The Kier molecular flexibility index (Phi) is 7.18. The van der Waals surface area contributed by atoms with E-state index in [-0.39, 0.29) is 5.89 Å². The van der Waals surface area contributed by atoms with Crippen molar-refractivity contribution in [3.05, 3.63) is 71.1 Å². The van der Waals surface area contributed by atoms with E-state index in [1.165, 1.54) is 23.9 Å². The second kappa shape index (κ2) is 10.1.